The Hall–Kier alpha value is -2.81. The summed E-state index contributed by atoms with van der Waals surface area (Å²) in [6.45, 7) is 15.6. The van der Waals surface area contributed by atoms with Crippen molar-refractivity contribution in [3.8, 4) is 5.75 Å². The smallest absolute Gasteiger partial charge is 0.408 e. The van der Waals surface area contributed by atoms with Gasteiger partial charge in [0, 0.05) is 12.1 Å². The number of carbonyl (C=O) groups is 3. The fourth-order valence-electron chi connectivity index (χ4n) is 3.53. The molecule has 0 aliphatic rings. The number of hydrogen-bond acceptors (Lipinski definition) is 6. The second-order valence-electron chi connectivity index (χ2n) is 11.0. The third-order valence-electron chi connectivity index (χ3n) is 5.37. The van der Waals surface area contributed by atoms with Crippen molar-refractivity contribution < 1.29 is 29.3 Å². The van der Waals surface area contributed by atoms with Crippen molar-refractivity contribution in [1.29, 1.82) is 0 Å². The third-order valence-corrected chi connectivity index (χ3v) is 5.37. The number of rotatable bonds is 9. The Kier molecular flexibility index (Phi) is 10.6. The number of aromatic hydroxyl groups is 1. The van der Waals surface area contributed by atoms with Crippen molar-refractivity contribution in [1.82, 2.24) is 15.5 Å². The Bertz CT molecular complexity index is 888. The standard InChI is InChI=1S/C26H43N3O6/c1-10-16(2)20(27-24(34)35-26(7,8)9)23(33)29(13-14-30)21(22(32)28-25(4,5)6)18-11-12-19(31)17(3)15-18/h11-12,15-16,20-21,30-31H,10,13-14H2,1-9H3,(H,27,34)(H,28,32). The van der Waals surface area contributed by atoms with Crippen LogP contribution < -0.4 is 10.6 Å². The number of nitrogens with one attached hydrogen (secondary N) is 2. The summed E-state index contributed by atoms with van der Waals surface area (Å²) in [7, 11) is 0. The highest BCUT2D eigenvalue weighted by molar-refractivity contribution is 5.92. The highest BCUT2D eigenvalue weighted by Gasteiger charge is 2.38. The van der Waals surface area contributed by atoms with Crippen molar-refractivity contribution in [2.75, 3.05) is 13.2 Å². The fraction of sp³-hybridized carbons (Fsp3) is 0.654. The molecule has 0 saturated carbocycles. The normalized spacial score (nSPS) is 14.5. The van der Waals surface area contributed by atoms with Crippen LogP contribution in [0.15, 0.2) is 18.2 Å². The monoisotopic (exact) mass is 493 g/mol. The maximum Gasteiger partial charge on any atom is 0.408 e. The summed E-state index contributed by atoms with van der Waals surface area (Å²) in [6, 6.07) is 2.60. The summed E-state index contributed by atoms with van der Waals surface area (Å²) < 4.78 is 5.36. The van der Waals surface area contributed by atoms with E-state index in [0.717, 1.165) is 0 Å². The van der Waals surface area contributed by atoms with Crippen molar-refractivity contribution in [2.24, 2.45) is 5.92 Å². The molecule has 3 unspecified atom stereocenters. The molecule has 1 aromatic carbocycles. The predicted octanol–water partition coefficient (Wildman–Crippen LogP) is 3.42. The number of hydrogen-bond donors (Lipinski definition) is 4. The van der Waals surface area contributed by atoms with Gasteiger partial charge in [-0.05, 0) is 77.6 Å². The van der Waals surface area contributed by atoms with Crippen molar-refractivity contribution in [2.45, 2.75) is 92.0 Å². The van der Waals surface area contributed by atoms with Gasteiger partial charge in [-0.2, -0.15) is 0 Å². The Morgan fingerprint density at radius 2 is 1.71 bits per heavy atom. The molecule has 4 N–H and O–H groups in total. The number of carbonyl (C=O) groups excluding carboxylic acids is 3. The molecule has 9 nitrogen and oxygen atoms in total. The van der Waals surface area contributed by atoms with Gasteiger partial charge in [-0.25, -0.2) is 4.79 Å². The maximum absolute atomic E-state index is 13.9. The minimum Gasteiger partial charge on any atom is -0.508 e. The number of benzene rings is 1. The lowest BCUT2D eigenvalue weighted by Gasteiger charge is -2.37. The van der Waals surface area contributed by atoms with Gasteiger partial charge in [0.2, 0.25) is 11.8 Å². The number of nitrogens with zero attached hydrogens (tertiary/aromatic N) is 1. The molecular formula is C26H43N3O6. The predicted molar refractivity (Wildman–Crippen MR) is 135 cm³/mol. The van der Waals surface area contributed by atoms with Gasteiger partial charge < -0.3 is 30.5 Å². The molecule has 0 spiro atoms. The highest BCUT2D eigenvalue weighted by Crippen LogP contribution is 2.28. The molecular weight excluding hydrogens is 450 g/mol. The van der Waals surface area contributed by atoms with E-state index in [1.54, 1.807) is 39.8 Å². The lowest BCUT2D eigenvalue weighted by atomic mass is 9.95. The van der Waals surface area contributed by atoms with E-state index < -0.39 is 41.1 Å². The van der Waals surface area contributed by atoms with Gasteiger partial charge in [-0.3, -0.25) is 9.59 Å². The number of phenolic OH excluding ortho intramolecular Hbond substituents is 1. The van der Waals surface area contributed by atoms with Gasteiger partial charge in [0.25, 0.3) is 0 Å². The molecule has 0 aromatic heterocycles. The van der Waals surface area contributed by atoms with Crippen LogP contribution in [0.25, 0.3) is 0 Å². The number of ether oxygens (including phenoxy) is 1. The van der Waals surface area contributed by atoms with Crippen molar-refractivity contribution in [3.63, 3.8) is 0 Å². The van der Waals surface area contributed by atoms with E-state index >= 15 is 0 Å². The number of aryl methyl sites for hydroxylation is 1. The number of phenols is 1. The van der Waals surface area contributed by atoms with Gasteiger partial charge in [0.15, 0.2) is 0 Å². The Labute approximate surface area is 209 Å². The molecule has 9 heteroatoms. The van der Waals surface area contributed by atoms with Crippen LogP contribution in [0, 0.1) is 12.8 Å². The molecule has 0 heterocycles. The topological polar surface area (TPSA) is 128 Å². The minimum absolute atomic E-state index is 0.0628. The second kappa shape index (κ2) is 12.2. The zero-order valence-electron chi connectivity index (χ0n) is 22.6. The van der Waals surface area contributed by atoms with E-state index in [-0.39, 0.29) is 24.8 Å². The first-order valence-electron chi connectivity index (χ1n) is 12.0. The first-order valence-corrected chi connectivity index (χ1v) is 12.0. The summed E-state index contributed by atoms with van der Waals surface area (Å²) in [5.41, 5.74) is -0.321. The highest BCUT2D eigenvalue weighted by atomic mass is 16.6. The Balaban J connectivity index is 3.54. The van der Waals surface area contributed by atoms with Gasteiger partial charge in [-0.1, -0.05) is 26.3 Å². The summed E-state index contributed by atoms with van der Waals surface area (Å²) in [5, 5.41) is 25.4. The van der Waals surface area contributed by atoms with Crippen LogP contribution in [0.3, 0.4) is 0 Å². The largest absolute Gasteiger partial charge is 0.508 e. The molecule has 3 amide bonds. The maximum atomic E-state index is 13.9. The van der Waals surface area contributed by atoms with Gasteiger partial charge in [-0.15, -0.1) is 0 Å². The summed E-state index contributed by atoms with van der Waals surface area (Å²) in [5.74, 6) is -1.17. The lowest BCUT2D eigenvalue weighted by molar-refractivity contribution is -0.144. The van der Waals surface area contributed by atoms with Gasteiger partial charge >= 0.3 is 6.09 Å². The first-order chi connectivity index (χ1) is 16.0. The van der Waals surface area contributed by atoms with E-state index in [1.165, 1.54) is 11.0 Å². The minimum atomic E-state index is -1.10. The van der Waals surface area contributed by atoms with Crippen LogP contribution in [0.4, 0.5) is 4.79 Å². The molecule has 1 aromatic rings. The molecule has 1 rings (SSSR count). The van der Waals surface area contributed by atoms with E-state index in [4.69, 9.17) is 4.74 Å². The number of aliphatic hydroxyl groups excluding tert-OH is 1. The summed E-state index contributed by atoms with van der Waals surface area (Å²) in [4.78, 5) is 41.2. The zero-order valence-corrected chi connectivity index (χ0v) is 22.6. The molecule has 0 bridgehead atoms. The molecule has 0 aliphatic heterocycles. The Morgan fingerprint density at radius 1 is 1.11 bits per heavy atom. The van der Waals surface area contributed by atoms with Crippen LogP contribution in [0.1, 0.15) is 79.0 Å². The molecule has 35 heavy (non-hydrogen) atoms. The van der Waals surface area contributed by atoms with Crippen molar-refractivity contribution in [3.05, 3.63) is 29.3 Å². The third kappa shape index (κ3) is 9.39. The average molecular weight is 494 g/mol. The SMILES string of the molecule is CCC(C)C(NC(=O)OC(C)(C)C)C(=O)N(CCO)C(C(=O)NC(C)(C)C)c1ccc(O)c(C)c1. The summed E-state index contributed by atoms with van der Waals surface area (Å²) >= 11 is 0. The van der Waals surface area contributed by atoms with Crippen LogP contribution in [0.2, 0.25) is 0 Å². The summed E-state index contributed by atoms with van der Waals surface area (Å²) in [6.07, 6.45) is -0.160. The molecule has 3 atom stereocenters. The molecule has 0 radical (unpaired) electrons. The second-order valence-corrected chi connectivity index (χ2v) is 11.0. The molecule has 0 saturated heterocycles. The van der Waals surface area contributed by atoms with E-state index in [1.807, 2.05) is 34.6 Å². The average Bonchev–Trinajstić information content (AvgIpc) is 2.70. The molecule has 0 aliphatic carbocycles. The van der Waals surface area contributed by atoms with E-state index in [0.29, 0.717) is 17.5 Å². The number of alkyl carbamates (subject to hydrolysis) is 1. The molecule has 198 valence electrons. The lowest BCUT2D eigenvalue weighted by Crippen LogP contribution is -2.56. The zero-order chi connectivity index (χ0) is 27.1. The van der Waals surface area contributed by atoms with Crippen LogP contribution in [-0.2, 0) is 14.3 Å². The van der Waals surface area contributed by atoms with Crippen molar-refractivity contribution >= 4 is 17.9 Å². The van der Waals surface area contributed by atoms with Crippen LogP contribution in [0.5, 0.6) is 5.75 Å². The van der Waals surface area contributed by atoms with Crippen LogP contribution >= 0.6 is 0 Å². The first kappa shape index (κ1) is 30.2. The number of amides is 3. The Morgan fingerprint density at radius 3 is 2.17 bits per heavy atom. The number of aliphatic hydroxyl groups is 1. The fourth-order valence-corrected chi connectivity index (χ4v) is 3.53. The quantitative estimate of drug-likeness (QED) is 0.417. The van der Waals surface area contributed by atoms with Gasteiger partial charge in [0.05, 0.1) is 6.61 Å². The van der Waals surface area contributed by atoms with E-state index in [9.17, 15) is 24.6 Å². The molecule has 0 fully saturated rings. The van der Waals surface area contributed by atoms with Crippen LogP contribution in [-0.4, -0.2) is 63.4 Å². The van der Waals surface area contributed by atoms with E-state index in [2.05, 4.69) is 10.6 Å². The van der Waals surface area contributed by atoms with Gasteiger partial charge in [0.1, 0.15) is 23.4 Å².